The van der Waals surface area contributed by atoms with E-state index in [1.807, 2.05) is 26.0 Å². The van der Waals surface area contributed by atoms with Gasteiger partial charge in [-0.25, -0.2) is 9.37 Å². The fourth-order valence-corrected chi connectivity index (χ4v) is 6.52. The van der Waals surface area contributed by atoms with Crippen molar-refractivity contribution in [2.45, 2.75) is 39.3 Å². The first-order chi connectivity index (χ1) is 16.3. The van der Waals surface area contributed by atoms with Crippen LogP contribution in [0.3, 0.4) is 0 Å². The van der Waals surface area contributed by atoms with Gasteiger partial charge in [0.2, 0.25) is 17.7 Å². The number of aromatic nitrogens is 2. The molecule has 2 aliphatic heterocycles. The second kappa shape index (κ2) is 7.81. The third kappa shape index (κ3) is 3.41. The van der Waals surface area contributed by atoms with Crippen molar-refractivity contribution in [1.29, 1.82) is 0 Å². The molecule has 5 heterocycles. The van der Waals surface area contributed by atoms with Crippen molar-refractivity contribution in [1.82, 2.24) is 20.2 Å². The SMILES string of the molecule is CC1(C)C2C(=O)N(Cc3cc4nccc(-c5cc(F)cnc5O[C@H]5CCCNC5)c4s3)C(=O)C21. The van der Waals surface area contributed by atoms with Gasteiger partial charge in [0.05, 0.1) is 34.8 Å². The number of fused-ring (bicyclic) bond motifs is 2. The first-order valence-electron chi connectivity index (χ1n) is 11.6. The van der Waals surface area contributed by atoms with E-state index in [4.69, 9.17) is 4.74 Å². The monoisotopic (exact) mass is 480 g/mol. The highest BCUT2D eigenvalue weighted by atomic mass is 32.1. The van der Waals surface area contributed by atoms with Gasteiger partial charge >= 0.3 is 0 Å². The van der Waals surface area contributed by atoms with Gasteiger partial charge in [-0.15, -0.1) is 11.3 Å². The van der Waals surface area contributed by atoms with Crippen molar-refractivity contribution in [3.8, 4) is 17.0 Å². The molecular formula is C25H25FN4O3S. The van der Waals surface area contributed by atoms with E-state index in [0.29, 0.717) is 11.4 Å². The number of piperidine rings is 2. The van der Waals surface area contributed by atoms with E-state index in [-0.39, 0.29) is 41.7 Å². The summed E-state index contributed by atoms with van der Waals surface area (Å²) in [6, 6.07) is 5.17. The number of ether oxygens (including phenoxy) is 1. The maximum atomic E-state index is 14.3. The van der Waals surface area contributed by atoms with Crippen LogP contribution in [0.25, 0.3) is 21.3 Å². The highest BCUT2D eigenvalue weighted by Crippen LogP contribution is 2.63. The van der Waals surface area contributed by atoms with Crippen LogP contribution in [0.4, 0.5) is 4.39 Å². The molecular weight excluding hydrogens is 455 g/mol. The van der Waals surface area contributed by atoms with Gasteiger partial charge in [-0.2, -0.15) is 0 Å². The van der Waals surface area contributed by atoms with Gasteiger partial charge in [0.25, 0.3) is 0 Å². The largest absolute Gasteiger partial charge is 0.473 e. The lowest BCUT2D eigenvalue weighted by atomic mass is 10.1. The van der Waals surface area contributed by atoms with Crippen molar-refractivity contribution in [2.24, 2.45) is 17.3 Å². The zero-order chi connectivity index (χ0) is 23.6. The molecule has 1 aliphatic carbocycles. The van der Waals surface area contributed by atoms with Crippen LogP contribution in [-0.2, 0) is 16.1 Å². The summed E-state index contributed by atoms with van der Waals surface area (Å²) in [6.07, 6.45) is 4.75. The Hall–Kier alpha value is -2.91. The number of carbonyl (C=O) groups is 2. The molecule has 0 aromatic carbocycles. The minimum absolute atomic E-state index is 0.0236. The van der Waals surface area contributed by atoms with Crippen molar-refractivity contribution in [3.05, 3.63) is 41.3 Å². The normalized spacial score (nSPS) is 25.6. The van der Waals surface area contributed by atoms with Crippen LogP contribution < -0.4 is 10.1 Å². The average molecular weight is 481 g/mol. The quantitative estimate of drug-likeness (QED) is 0.560. The van der Waals surface area contributed by atoms with Crippen molar-refractivity contribution >= 4 is 33.4 Å². The Morgan fingerprint density at radius 3 is 2.74 bits per heavy atom. The van der Waals surface area contributed by atoms with Crippen molar-refractivity contribution in [3.63, 3.8) is 0 Å². The first kappa shape index (κ1) is 21.6. The van der Waals surface area contributed by atoms with Crippen molar-refractivity contribution in [2.75, 3.05) is 13.1 Å². The Morgan fingerprint density at radius 2 is 2.00 bits per heavy atom. The zero-order valence-electron chi connectivity index (χ0n) is 19.0. The minimum Gasteiger partial charge on any atom is -0.473 e. The van der Waals surface area contributed by atoms with Crippen LogP contribution in [0.5, 0.6) is 5.88 Å². The fraction of sp³-hybridized carbons (Fsp3) is 0.440. The van der Waals surface area contributed by atoms with E-state index >= 15 is 0 Å². The summed E-state index contributed by atoms with van der Waals surface area (Å²) in [5, 5.41) is 3.32. The number of pyridine rings is 2. The highest BCUT2D eigenvalue weighted by Gasteiger charge is 2.72. The Balaban J connectivity index is 1.33. The van der Waals surface area contributed by atoms with E-state index < -0.39 is 5.82 Å². The molecule has 7 nitrogen and oxygen atoms in total. The number of hydrogen-bond acceptors (Lipinski definition) is 7. The van der Waals surface area contributed by atoms with Crippen LogP contribution in [0, 0.1) is 23.1 Å². The first-order valence-corrected chi connectivity index (χ1v) is 12.4. The third-order valence-corrected chi connectivity index (χ3v) is 8.45. The molecule has 3 fully saturated rings. The highest BCUT2D eigenvalue weighted by molar-refractivity contribution is 7.19. The smallest absolute Gasteiger partial charge is 0.234 e. The Kier molecular flexibility index (Phi) is 4.97. The van der Waals surface area contributed by atoms with Crippen LogP contribution in [0.15, 0.2) is 30.6 Å². The molecule has 2 amide bonds. The number of imide groups is 1. The van der Waals surface area contributed by atoms with Gasteiger partial charge in [0.1, 0.15) is 11.9 Å². The fourth-order valence-electron chi connectivity index (χ4n) is 5.39. The van der Waals surface area contributed by atoms with Gasteiger partial charge in [0, 0.05) is 28.7 Å². The van der Waals surface area contributed by atoms with E-state index in [9.17, 15) is 14.0 Å². The lowest BCUT2D eigenvalue weighted by Crippen LogP contribution is -2.37. The number of thiophene rings is 1. The number of halogens is 1. The predicted molar refractivity (Wildman–Crippen MR) is 126 cm³/mol. The van der Waals surface area contributed by atoms with E-state index in [1.165, 1.54) is 28.5 Å². The third-order valence-electron chi connectivity index (χ3n) is 7.31. The molecule has 6 rings (SSSR count). The Morgan fingerprint density at radius 1 is 1.21 bits per heavy atom. The predicted octanol–water partition coefficient (Wildman–Crippen LogP) is 3.77. The number of nitrogens with one attached hydrogen (secondary N) is 1. The molecule has 3 aromatic rings. The van der Waals surface area contributed by atoms with Gasteiger partial charge in [-0.05, 0) is 43.0 Å². The molecule has 9 heteroatoms. The summed E-state index contributed by atoms with van der Waals surface area (Å²) in [5.41, 5.74) is 1.85. The number of likely N-dealkylation sites (tertiary alicyclic amines) is 1. The summed E-state index contributed by atoms with van der Waals surface area (Å²) < 4.78 is 21.3. The molecule has 34 heavy (non-hydrogen) atoms. The number of carbonyl (C=O) groups excluding carboxylic acids is 2. The zero-order valence-corrected chi connectivity index (χ0v) is 19.8. The molecule has 0 radical (unpaired) electrons. The van der Waals surface area contributed by atoms with E-state index in [0.717, 1.165) is 46.6 Å². The lowest BCUT2D eigenvalue weighted by molar-refractivity contribution is -0.143. The Labute approximate surface area is 200 Å². The minimum atomic E-state index is -0.444. The number of amides is 2. The standard InChI is InChI=1S/C25H25FN4O3S/c1-25(2)19-20(25)24(32)30(23(19)31)12-15-9-18-21(34-15)16(5-7-28-18)17-8-13(26)10-29-22(17)33-14-4-3-6-27-11-14/h5,7-10,14,19-20,27H,3-4,6,11-12H2,1-2H3/t14-,19?,20?/m0/s1. The molecule has 1 N–H and O–H groups in total. The van der Waals surface area contributed by atoms with Gasteiger partial charge in [0.15, 0.2) is 0 Å². The maximum Gasteiger partial charge on any atom is 0.234 e. The number of hydrogen-bond donors (Lipinski definition) is 1. The molecule has 2 saturated heterocycles. The average Bonchev–Trinajstić information content (AvgIpc) is 3.06. The summed E-state index contributed by atoms with van der Waals surface area (Å²) in [5.74, 6) is -0.620. The molecule has 3 atom stereocenters. The van der Waals surface area contributed by atoms with Crippen LogP contribution in [-0.4, -0.2) is 45.9 Å². The second-order valence-corrected chi connectivity index (χ2v) is 11.1. The molecule has 1 saturated carbocycles. The molecule has 2 unspecified atom stereocenters. The van der Waals surface area contributed by atoms with Gasteiger partial charge < -0.3 is 10.1 Å². The van der Waals surface area contributed by atoms with E-state index in [2.05, 4.69) is 15.3 Å². The second-order valence-electron chi connectivity index (χ2n) is 9.92. The summed E-state index contributed by atoms with van der Waals surface area (Å²) in [6.45, 7) is 5.87. The molecule has 0 spiro atoms. The van der Waals surface area contributed by atoms with Gasteiger partial charge in [-0.3, -0.25) is 19.5 Å². The molecule has 3 aliphatic rings. The van der Waals surface area contributed by atoms with Gasteiger partial charge in [-0.1, -0.05) is 13.8 Å². The lowest BCUT2D eigenvalue weighted by Gasteiger charge is -2.24. The number of nitrogens with zero attached hydrogens (tertiary/aromatic N) is 3. The number of rotatable bonds is 5. The van der Waals surface area contributed by atoms with Crippen LogP contribution in [0.1, 0.15) is 31.6 Å². The Bertz CT molecular complexity index is 1290. The van der Waals surface area contributed by atoms with Crippen LogP contribution >= 0.6 is 11.3 Å². The topological polar surface area (TPSA) is 84.4 Å². The van der Waals surface area contributed by atoms with Crippen LogP contribution in [0.2, 0.25) is 0 Å². The van der Waals surface area contributed by atoms with Crippen molar-refractivity contribution < 1.29 is 18.7 Å². The molecule has 176 valence electrons. The maximum absolute atomic E-state index is 14.3. The summed E-state index contributed by atoms with van der Waals surface area (Å²) in [7, 11) is 0. The summed E-state index contributed by atoms with van der Waals surface area (Å²) in [4.78, 5) is 36.5. The molecule has 3 aromatic heterocycles. The summed E-state index contributed by atoms with van der Waals surface area (Å²) >= 11 is 1.46. The van der Waals surface area contributed by atoms with E-state index in [1.54, 1.807) is 6.20 Å². The molecule has 0 bridgehead atoms.